The van der Waals surface area contributed by atoms with Crippen molar-refractivity contribution in [3.8, 4) is 28.6 Å². The van der Waals surface area contributed by atoms with Gasteiger partial charge < -0.3 is 18.8 Å². The Balaban J connectivity index is 1.83. The molecule has 0 N–H and O–H groups in total. The molecule has 3 rings (SSSR count). The lowest BCUT2D eigenvalue weighted by Gasteiger charge is -2.08. The monoisotopic (exact) mass is 404 g/mol. The number of benzene rings is 2. The minimum Gasteiger partial charge on any atom is -0.491 e. The van der Waals surface area contributed by atoms with Gasteiger partial charge in [0.1, 0.15) is 18.4 Å². The van der Waals surface area contributed by atoms with Crippen LogP contribution in [0.5, 0.6) is 5.75 Å². The van der Waals surface area contributed by atoms with Crippen molar-refractivity contribution in [2.75, 3.05) is 26.4 Å². The molecule has 3 aromatic rings. The molecule has 0 atom stereocenters. The second-order valence-corrected chi connectivity index (χ2v) is 6.45. The van der Waals surface area contributed by atoms with Crippen molar-refractivity contribution in [2.24, 2.45) is 0 Å². The topological polar surface area (TPSA) is 73.5 Å². The lowest BCUT2D eigenvalue weighted by molar-refractivity contribution is 0.0526. The Labute approximate surface area is 176 Å². The number of ether oxygens (including phenoxy) is 3. The number of nitrogens with zero attached hydrogens (tertiary/aromatic N) is 2. The predicted molar refractivity (Wildman–Crippen MR) is 114 cm³/mol. The molecule has 2 aromatic carbocycles. The summed E-state index contributed by atoms with van der Waals surface area (Å²) in [7, 11) is 0. The predicted octanol–water partition coefficient (Wildman–Crippen LogP) is 4.61. The van der Waals surface area contributed by atoms with Gasteiger partial charge in [0.25, 0.3) is 0 Å². The number of rotatable bonds is 9. The van der Waals surface area contributed by atoms with Gasteiger partial charge in [-0.2, -0.15) is 5.26 Å². The Bertz CT molecular complexity index is 1030. The van der Waals surface area contributed by atoms with Crippen LogP contribution in [-0.2, 0) is 9.47 Å². The molecule has 1 aromatic heterocycles. The van der Waals surface area contributed by atoms with Gasteiger partial charge in [-0.25, -0.2) is 4.79 Å². The average Bonchev–Trinajstić information content (AvgIpc) is 3.22. The number of hydrogen-bond acceptors (Lipinski definition) is 5. The summed E-state index contributed by atoms with van der Waals surface area (Å²) in [5.74, 6) is 0.374. The molecule has 0 saturated heterocycles. The van der Waals surface area contributed by atoms with Gasteiger partial charge in [-0.1, -0.05) is 12.1 Å². The molecule has 6 nitrogen and oxygen atoms in total. The number of esters is 1. The molecule has 0 aliphatic carbocycles. The fourth-order valence-electron chi connectivity index (χ4n) is 3.02. The minimum absolute atomic E-state index is 0.335. The summed E-state index contributed by atoms with van der Waals surface area (Å²) < 4.78 is 17.9. The van der Waals surface area contributed by atoms with Crippen molar-refractivity contribution in [3.63, 3.8) is 0 Å². The quantitative estimate of drug-likeness (QED) is 0.385. The van der Waals surface area contributed by atoms with Crippen molar-refractivity contribution >= 4 is 5.97 Å². The van der Waals surface area contributed by atoms with Crippen LogP contribution in [0.1, 0.15) is 29.8 Å². The maximum atomic E-state index is 11.8. The lowest BCUT2D eigenvalue weighted by atomic mass is 10.1. The highest BCUT2D eigenvalue weighted by molar-refractivity contribution is 5.89. The number of carbonyl (C=O) groups is 1. The van der Waals surface area contributed by atoms with Crippen LogP contribution < -0.4 is 4.74 Å². The molecule has 30 heavy (non-hydrogen) atoms. The Kier molecular flexibility index (Phi) is 7.25. The van der Waals surface area contributed by atoms with E-state index in [4.69, 9.17) is 14.2 Å². The van der Waals surface area contributed by atoms with E-state index in [0.717, 1.165) is 22.6 Å². The minimum atomic E-state index is -0.351. The van der Waals surface area contributed by atoms with Gasteiger partial charge in [0.2, 0.25) is 0 Å². The SMILES string of the molecule is CCOCCOc1cccc(-c2cn(-c3ccc(C(=O)OCC)cc3)cc2C#N)c1. The van der Waals surface area contributed by atoms with Crippen LogP contribution in [0.15, 0.2) is 60.9 Å². The third-order valence-corrected chi connectivity index (χ3v) is 4.47. The highest BCUT2D eigenvalue weighted by atomic mass is 16.5. The molecule has 0 unspecified atom stereocenters. The van der Waals surface area contributed by atoms with Crippen molar-refractivity contribution < 1.29 is 19.0 Å². The molecule has 0 radical (unpaired) electrons. The Morgan fingerprint density at radius 2 is 1.83 bits per heavy atom. The number of aromatic nitrogens is 1. The number of nitriles is 1. The summed E-state index contributed by atoms with van der Waals surface area (Å²) in [6, 6.07) is 17.0. The number of hydrogen-bond donors (Lipinski definition) is 0. The highest BCUT2D eigenvalue weighted by Gasteiger charge is 2.12. The van der Waals surface area contributed by atoms with E-state index < -0.39 is 0 Å². The first-order valence-electron chi connectivity index (χ1n) is 9.86. The summed E-state index contributed by atoms with van der Waals surface area (Å²) in [6.07, 6.45) is 3.68. The summed E-state index contributed by atoms with van der Waals surface area (Å²) in [5.41, 5.74) is 3.58. The van der Waals surface area contributed by atoms with Crippen LogP contribution in [-0.4, -0.2) is 37.0 Å². The molecule has 0 spiro atoms. The molecular weight excluding hydrogens is 380 g/mol. The van der Waals surface area contributed by atoms with E-state index in [1.807, 2.05) is 54.1 Å². The van der Waals surface area contributed by atoms with Crippen LogP contribution in [0.2, 0.25) is 0 Å². The third-order valence-electron chi connectivity index (χ3n) is 4.47. The van der Waals surface area contributed by atoms with Crippen LogP contribution in [0.3, 0.4) is 0 Å². The fourth-order valence-corrected chi connectivity index (χ4v) is 3.02. The second-order valence-electron chi connectivity index (χ2n) is 6.45. The van der Waals surface area contributed by atoms with E-state index in [1.54, 1.807) is 25.3 Å². The molecule has 0 fully saturated rings. The molecule has 0 aliphatic heterocycles. The average molecular weight is 404 g/mol. The molecular formula is C24H24N2O4. The second kappa shape index (κ2) is 10.3. The van der Waals surface area contributed by atoms with E-state index in [1.165, 1.54) is 0 Å². The summed E-state index contributed by atoms with van der Waals surface area (Å²) in [4.78, 5) is 11.8. The molecule has 1 heterocycles. The maximum absolute atomic E-state index is 11.8. The molecule has 154 valence electrons. The fraction of sp³-hybridized carbons (Fsp3) is 0.250. The zero-order chi connectivity index (χ0) is 21.3. The normalized spacial score (nSPS) is 10.4. The summed E-state index contributed by atoms with van der Waals surface area (Å²) in [6.45, 7) is 5.71. The van der Waals surface area contributed by atoms with E-state index in [-0.39, 0.29) is 5.97 Å². The van der Waals surface area contributed by atoms with Gasteiger partial charge in [0.05, 0.1) is 24.3 Å². The van der Waals surface area contributed by atoms with Gasteiger partial charge in [-0.05, 0) is 55.8 Å². The third kappa shape index (κ3) is 5.07. The van der Waals surface area contributed by atoms with Crippen molar-refractivity contribution in [1.29, 1.82) is 5.26 Å². The largest absolute Gasteiger partial charge is 0.491 e. The standard InChI is InChI=1S/C24H24N2O4/c1-3-28-12-13-30-22-7-5-6-19(14-22)23-17-26(16-20(23)15-25)21-10-8-18(9-11-21)24(27)29-4-2/h5-11,14,16-17H,3-4,12-13H2,1-2H3. The van der Waals surface area contributed by atoms with E-state index >= 15 is 0 Å². The lowest BCUT2D eigenvalue weighted by Crippen LogP contribution is -2.06. The van der Waals surface area contributed by atoms with Gasteiger partial charge in [-0.3, -0.25) is 0 Å². The first-order valence-corrected chi connectivity index (χ1v) is 9.86. The van der Waals surface area contributed by atoms with Crippen LogP contribution in [0.4, 0.5) is 0 Å². The first-order chi connectivity index (χ1) is 14.7. The van der Waals surface area contributed by atoms with E-state index in [9.17, 15) is 10.1 Å². The van der Waals surface area contributed by atoms with Crippen molar-refractivity contribution in [1.82, 2.24) is 4.57 Å². The molecule has 0 bridgehead atoms. The summed E-state index contributed by atoms with van der Waals surface area (Å²) in [5, 5.41) is 9.61. The first kappa shape index (κ1) is 21.2. The smallest absolute Gasteiger partial charge is 0.338 e. The molecule has 0 amide bonds. The Morgan fingerprint density at radius 3 is 2.53 bits per heavy atom. The zero-order valence-corrected chi connectivity index (χ0v) is 17.1. The van der Waals surface area contributed by atoms with Gasteiger partial charge in [0.15, 0.2) is 0 Å². The van der Waals surface area contributed by atoms with E-state index in [2.05, 4.69) is 6.07 Å². The molecule has 0 saturated carbocycles. The maximum Gasteiger partial charge on any atom is 0.338 e. The summed E-state index contributed by atoms with van der Waals surface area (Å²) >= 11 is 0. The van der Waals surface area contributed by atoms with Crippen LogP contribution in [0, 0.1) is 11.3 Å². The van der Waals surface area contributed by atoms with Gasteiger partial charge in [0, 0.05) is 30.3 Å². The van der Waals surface area contributed by atoms with Crippen molar-refractivity contribution in [2.45, 2.75) is 13.8 Å². The number of carbonyl (C=O) groups excluding carboxylic acids is 1. The van der Waals surface area contributed by atoms with Crippen LogP contribution >= 0.6 is 0 Å². The zero-order valence-electron chi connectivity index (χ0n) is 17.1. The van der Waals surface area contributed by atoms with Crippen LogP contribution in [0.25, 0.3) is 16.8 Å². The van der Waals surface area contributed by atoms with Gasteiger partial charge in [-0.15, -0.1) is 0 Å². The molecule has 0 aliphatic rings. The Hall–Kier alpha value is -3.56. The van der Waals surface area contributed by atoms with Crippen molar-refractivity contribution in [3.05, 3.63) is 72.1 Å². The van der Waals surface area contributed by atoms with Gasteiger partial charge >= 0.3 is 5.97 Å². The van der Waals surface area contributed by atoms with E-state index in [0.29, 0.717) is 37.6 Å². The Morgan fingerprint density at radius 1 is 1.03 bits per heavy atom. The highest BCUT2D eigenvalue weighted by Crippen LogP contribution is 2.29. The molecule has 6 heteroatoms.